The summed E-state index contributed by atoms with van der Waals surface area (Å²) >= 11 is 0. The number of nitrogens with one attached hydrogen (secondary N) is 1. The van der Waals surface area contributed by atoms with Crippen molar-refractivity contribution in [2.24, 2.45) is 0 Å². The summed E-state index contributed by atoms with van der Waals surface area (Å²) < 4.78 is 78.3. The van der Waals surface area contributed by atoms with Crippen LogP contribution in [0.5, 0.6) is 11.5 Å². The number of benzene rings is 3. The summed E-state index contributed by atoms with van der Waals surface area (Å²) in [5.74, 6) is -0.950. The number of rotatable bonds is 9. The first-order chi connectivity index (χ1) is 17.4. The largest absolute Gasteiger partial charge is 0.497 e. The lowest BCUT2D eigenvalue weighted by Crippen LogP contribution is -2.38. The van der Waals surface area contributed by atoms with Gasteiger partial charge in [-0.05, 0) is 30.3 Å². The SMILES string of the molecule is COc1ccc(N(CC(=O)Nc2ccccc2C(F)(F)F)S(=O)(=O)c2ccccc2[N+](=O)[O-])c(OC)c1. The monoisotopic (exact) mass is 539 g/mol. The average molecular weight is 539 g/mol. The molecule has 0 unspecified atom stereocenters. The van der Waals surface area contributed by atoms with E-state index in [0.29, 0.717) is 4.31 Å². The summed E-state index contributed by atoms with van der Waals surface area (Å²) in [6.45, 7) is -1.04. The van der Waals surface area contributed by atoms with E-state index in [-0.39, 0.29) is 17.2 Å². The number of hydrogen-bond acceptors (Lipinski definition) is 7. The number of nitro benzene ring substituents is 1. The van der Waals surface area contributed by atoms with Gasteiger partial charge in [0.1, 0.15) is 18.0 Å². The van der Waals surface area contributed by atoms with Gasteiger partial charge in [0.05, 0.1) is 36.1 Å². The zero-order valence-electron chi connectivity index (χ0n) is 19.4. The molecule has 0 saturated heterocycles. The van der Waals surface area contributed by atoms with Crippen molar-refractivity contribution in [1.82, 2.24) is 0 Å². The fraction of sp³-hybridized carbons (Fsp3) is 0.174. The Hall–Kier alpha value is -4.33. The van der Waals surface area contributed by atoms with Crippen molar-refractivity contribution in [2.75, 3.05) is 30.4 Å². The molecule has 3 aromatic rings. The molecule has 1 amide bonds. The molecular formula is C23H20F3N3O7S. The summed E-state index contributed by atoms with van der Waals surface area (Å²) in [6, 6.07) is 12.5. The van der Waals surface area contributed by atoms with Crippen LogP contribution in [0.3, 0.4) is 0 Å². The third-order valence-electron chi connectivity index (χ3n) is 5.08. The minimum atomic E-state index is -4.82. The molecule has 0 aliphatic carbocycles. The van der Waals surface area contributed by atoms with Gasteiger partial charge in [-0.3, -0.25) is 19.2 Å². The molecule has 10 nitrogen and oxygen atoms in total. The maximum atomic E-state index is 13.7. The van der Waals surface area contributed by atoms with Gasteiger partial charge in [0.2, 0.25) is 5.91 Å². The van der Waals surface area contributed by atoms with E-state index in [0.717, 1.165) is 30.3 Å². The van der Waals surface area contributed by atoms with Gasteiger partial charge in [-0.25, -0.2) is 8.42 Å². The standard InChI is InChI=1S/C23H20F3N3O7S/c1-35-15-11-12-18(20(13-15)36-2)28(37(33,34)21-10-6-5-9-19(21)29(31)32)14-22(30)27-17-8-4-3-7-16(17)23(24,25)26/h3-13H,14H2,1-2H3,(H,27,30). The maximum Gasteiger partial charge on any atom is 0.418 e. The van der Waals surface area contributed by atoms with E-state index >= 15 is 0 Å². The molecule has 14 heteroatoms. The second kappa shape index (κ2) is 10.7. The summed E-state index contributed by atoms with van der Waals surface area (Å²) in [5.41, 5.74) is -2.70. The van der Waals surface area contributed by atoms with Crippen molar-refractivity contribution >= 4 is 33.0 Å². The van der Waals surface area contributed by atoms with E-state index in [2.05, 4.69) is 5.32 Å². The topological polar surface area (TPSA) is 128 Å². The number of carbonyl (C=O) groups is 1. The lowest BCUT2D eigenvalue weighted by molar-refractivity contribution is -0.387. The van der Waals surface area contributed by atoms with Crippen LogP contribution in [0.1, 0.15) is 5.56 Å². The molecule has 1 N–H and O–H groups in total. The Morgan fingerprint density at radius 1 is 1.03 bits per heavy atom. The van der Waals surface area contributed by atoms with Gasteiger partial charge in [0.15, 0.2) is 4.90 Å². The summed E-state index contributed by atoms with van der Waals surface area (Å²) in [4.78, 5) is 22.8. The molecule has 0 bridgehead atoms. The molecule has 0 heterocycles. The zero-order chi connectivity index (χ0) is 27.4. The maximum absolute atomic E-state index is 13.7. The molecule has 0 aliphatic heterocycles. The van der Waals surface area contributed by atoms with Gasteiger partial charge in [-0.15, -0.1) is 0 Å². The Kier molecular flexibility index (Phi) is 7.91. The van der Waals surface area contributed by atoms with E-state index in [1.807, 2.05) is 0 Å². The first-order valence-corrected chi connectivity index (χ1v) is 11.8. The Bertz CT molecular complexity index is 1430. The smallest absolute Gasteiger partial charge is 0.418 e. The van der Waals surface area contributed by atoms with Crippen molar-refractivity contribution in [3.05, 3.63) is 82.4 Å². The van der Waals surface area contributed by atoms with Crippen molar-refractivity contribution in [3.63, 3.8) is 0 Å². The number of alkyl halides is 3. The minimum absolute atomic E-state index is 0.0787. The summed E-state index contributed by atoms with van der Waals surface area (Å²) in [6.07, 6.45) is -4.79. The van der Waals surface area contributed by atoms with Gasteiger partial charge in [-0.2, -0.15) is 13.2 Å². The molecule has 0 radical (unpaired) electrons. The number of ether oxygens (including phenoxy) is 2. The van der Waals surface area contributed by atoms with Crippen LogP contribution in [-0.2, 0) is 21.0 Å². The zero-order valence-corrected chi connectivity index (χ0v) is 20.2. The second-order valence-electron chi connectivity index (χ2n) is 7.37. The Labute approximate surface area is 209 Å². The fourth-order valence-corrected chi connectivity index (χ4v) is 4.99. The molecule has 0 aromatic heterocycles. The first kappa shape index (κ1) is 27.3. The van der Waals surface area contributed by atoms with Gasteiger partial charge in [0, 0.05) is 12.1 Å². The minimum Gasteiger partial charge on any atom is -0.497 e. The second-order valence-corrected chi connectivity index (χ2v) is 9.20. The van der Waals surface area contributed by atoms with E-state index < -0.39 is 55.4 Å². The number of sulfonamides is 1. The highest BCUT2D eigenvalue weighted by Gasteiger charge is 2.36. The highest BCUT2D eigenvalue weighted by atomic mass is 32.2. The Morgan fingerprint density at radius 3 is 2.30 bits per heavy atom. The van der Waals surface area contributed by atoms with Gasteiger partial charge >= 0.3 is 6.18 Å². The van der Waals surface area contributed by atoms with E-state index in [1.54, 1.807) is 0 Å². The highest BCUT2D eigenvalue weighted by Crippen LogP contribution is 2.38. The van der Waals surface area contributed by atoms with Crippen molar-refractivity contribution in [3.8, 4) is 11.5 Å². The molecule has 0 fully saturated rings. The van der Waals surface area contributed by atoms with Crippen LogP contribution in [0.2, 0.25) is 0 Å². The normalized spacial score (nSPS) is 11.5. The average Bonchev–Trinajstić information content (AvgIpc) is 2.86. The predicted octanol–water partition coefficient (Wildman–Crippen LogP) is 4.46. The van der Waals surface area contributed by atoms with Crippen LogP contribution < -0.4 is 19.1 Å². The first-order valence-electron chi connectivity index (χ1n) is 10.3. The molecule has 3 rings (SSSR count). The number of nitro groups is 1. The van der Waals surface area contributed by atoms with Crippen molar-refractivity contribution in [2.45, 2.75) is 11.1 Å². The van der Waals surface area contributed by atoms with Crippen molar-refractivity contribution < 1.29 is 40.8 Å². The van der Waals surface area contributed by atoms with Crippen LogP contribution in [0.15, 0.2) is 71.6 Å². The van der Waals surface area contributed by atoms with Crippen LogP contribution >= 0.6 is 0 Å². The lowest BCUT2D eigenvalue weighted by atomic mass is 10.1. The van der Waals surface area contributed by atoms with Crippen LogP contribution in [-0.4, -0.2) is 40.0 Å². The Balaban J connectivity index is 2.12. The number of carbonyl (C=O) groups excluding carboxylic acids is 1. The summed E-state index contributed by atoms with van der Waals surface area (Å²) in [5, 5.41) is 13.6. The number of para-hydroxylation sites is 2. The van der Waals surface area contributed by atoms with Crippen LogP contribution in [0.4, 0.5) is 30.2 Å². The summed E-state index contributed by atoms with van der Waals surface area (Å²) in [7, 11) is -2.26. The van der Waals surface area contributed by atoms with Crippen molar-refractivity contribution in [1.29, 1.82) is 0 Å². The van der Waals surface area contributed by atoms with Gasteiger partial charge in [0.25, 0.3) is 15.7 Å². The molecule has 0 spiro atoms. The lowest BCUT2D eigenvalue weighted by Gasteiger charge is -2.26. The molecule has 3 aromatic carbocycles. The number of anilines is 2. The van der Waals surface area contributed by atoms with Gasteiger partial charge < -0.3 is 14.8 Å². The van der Waals surface area contributed by atoms with E-state index in [1.165, 1.54) is 50.6 Å². The molecule has 0 aliphatic rings. The predicted molar refractivity (Wildman–Crippen MR) is 127 cm³/mol. The Morgan fingerprint density at radius 2 is 1.68 bits per heavy atom. The molecule has 0 atom stereocenters. The highest BCUT2D eigenvalue weighted by molar-refractivity contribution is 7.93. The number of halogens is 3. The number of hydrogen-bond donors (Lipinski definition) is 1. The number of amides is 1. The van der Waals surface area contributed by atoms with E-state index in [4.69, 9.17) is 9.47 Å². The number of nitrogens with zero attached hydrogens (tertiary/aromatic N) is 2. The third kappa shape index (κ3) is 5.91. The third-order valence-corrected chi connectivity index (χ3v) is 6.89. The van der Waals surface area contributed by atoms with Crippen LogP contribution in [0, 0.1) is 10.1 Å². The molecule has 0 saturated carbocycles. The molecular weight excluding hydrogens is 519 g/mol. The fourth-order valence-electron chi connectivity index (χ4n) is 3.39. The van der Waals surface area contributed by atoms with Gasteiger partial charge in [-0.1, -0.05) is 24.3 Å². The van der Waals surface area contributed by atoms with Crippen LogP contribution in [0.25, 0.3) is 0 Å². The quantitative estimate of drug-likeness (QED) is 0.314. The molecule has 37 heavy (non-hydrogen) atoms. The number of methoxy groups -OCH3 is 2. The van der Waals surface area contributed by atoms with E-state index in [9.17, 15) is 36.5 Å². The molecule has 196 valence electrons.